The molecule has 3 atom stereocenters. The van der Waals surface area contributed by atoms with Gasteiger partial charge in [-0.1, -0.05) is 20.8 Å². The van der Waals surface area contributed by atoms with Crippen molar-refractivity contribution >= 4 is 17.7 Å². The van der Waals surface area contributed by atoms with Gasteiger partial charge in [-0.05, 0) is 18.1 Å². The standard InChI is InChI=1S/C11H21NO2S/c1-7(2)10(11(13)14-4)12-9-5-6-15-8(9)3/h7-10,12H,5-6H2,1-4H3/t8?,9?,10-/m0/s1. The van der Waals surface area contributed by atoms with Crippen molar-refractivity contribution in [1.29, 1.82) is 0 Å². The van der Waals surface area contributed by atoms with Crippen LogP contribution in [0.25, 0.3) is 0 Å². The van der Waals surface area contributed by atoms with Crippen LogP contribution in [0.3, 0.4) is 0 Å². The molecule has 0 aromatic carbocycles. The van der Waals surface area contributed by atoms with Crippen LogP contribution in [0.4, 0.5) is 0 Å². The summed E-state index contributed by atoms with van der Waals surface area (Å²) in [4.78, 5) is 11.6. The largest absolute Gasteiger partial charge is 0.468 e. The van der Waals surface area contributed by atoms with Crippen LogP contribution in [0.5, 0.6) is 0 Å². The van der Waals surface area contributed by atoms with Crippen LogP contribution in [0.15, 0.2) is 0 Å². The van der Waals surface area contributed by atoms with Crippen molar-refractivity contribution in [1.82, 2.24) is 5.32 Å². The Morgan fingerprint density at radius 1 is 1.53 bits per heavy atom. The van der Waals surface area contributed by atoms with E-state index in [1.54, 1.807) is 0 Å². The zero-order valence-corrected chi connectivity index (χ0v) is 10.8. The number of hydrogen-bond donors (Lipinski definition) is 1. The number of methoxy groups -OCH3 is 1. The molecule has 0 saturated carbocycles. The van der Waals surface area contributed by atoms with Gasteiger partial charge in [0.05, 0.1) is 7.11 Å². The minimum atomic E-state index is -0.166. The first-order valence-corrected chi connectivity index (χ1v) is 6.56. The molecule has 1 N–H and O–H groups in total. The van der Waals surface area contributed by atoms with E-state index in [-0.39, 0.29) is 17.9 Å². The molecule has 2 unspecified atom stereocenters. The van der Waals surface area contributed by atoms with Crippen molar-refractivity contribution in [2.75, 3.05) is 12.9 Å². The molecule has 0 radical (unpaired) electrons. The Morgan fingerprint density at radius 2 is 2.20 bits per heavy atom. The maximum absolute atomic E-state index is 11.6. The van der Waals surface area contributed by atoms with Crippen molar-refractivity contribution in [2.24, 2.45) is 5.92 Å². The summed E-state index contributed by atoms with van der Waals surface area (Å²) in [6, 6.07) is 0.280. The fourth-order valence-electron chi connectivity index (χ4n) is 1.84. The quantitative estimate of drug-likeness (QED) is 0.747. The first kappa shape index (κ1) is 12.8. The molecule has 4 heteroatoms. The third kappa shape index (κ3) is 3.38. The van der Waals surface area contributed by atoms with Crippen LogP contribution < -0.4 is 5.32 Å². The molecule has 0 bridgehead atoms. The number of rotatable bonds is 4. The molecule has 0 spiro atoms. The van der Waals surface area contributed by atoms with E-state index in [1.807, 2.05) is 25.6 Å². The number of carbonyl (C=O) groups is 1. The average molecular weight is 231 g/mol. The highest BCUT2D eigenvalue weighted by Gasteiger charge is 2.30. The van der Waals surface area contributed by atoms with E-state index in [0.717, 1.165) is 6.42 Å². The maximum atomic E-state index is 11.6. The van der Waals surface area contributed by atoms with Gasteiger partial charge in [0.15, 0.2) is 0 Å². The Labute approximate surface area is 96.3 Å². The Balaban J connectivity index is 2.54. The Morgan fingerprint density at radius 3 is 2.60 bits per heavy atom. The van der Waals surface area contributed by atoms with Crippen molar-refractivity contribution in [3.05, 3.63) is 0 Å². The molecule has 0 aliphatic carbocycles. The van der Waals surface area contributed by atoms with Gasteiger partial charge >= 0.3 is 5.97 Å². The molecule has 88 valence electrons. The molecular formula is C11H21NO2S. The zero-order valence-electron chi connectivity index (χ0n) is 9.95. The van der Waals surface area contributed by atoms with Crippen molar-refractivity contribution < 1.29 is 9.53 Å². The fraction of sp³-hybridized carbons (Fsp3) is 0.909. The maximum Gasteiger partial charge on any atom is 0.323 e. The molecule has 3 nitrogen and oxygen atoms in total. The third-order valence-corrected chi connectivity index (χ3v) is 4.22. The predicted molar refractivity (Wildman–Crippen MR) is 64.1 cm³/mol. The highest BCUT2D eigenvalue weighted by Crippen LogP contribution is 2.27. The van der Waals surface area contributed by atoms with Crippen LogP contribution in [-0.2, 0) is 9.53 Å². The summed E-state index contributed by atoms with van der Waals surface area (Å²) in [7, 11) is 1.45. The number of esters is 1. The molecule has 1 heterocycles. The number of ether oxygens (including phenoxy) is 1. The van der Waals surface area contributed by atoms with E-state index < -0.39 is 0 Å². The van der Waals surface area contributed by atoms with Gasteiger partial charge in [0.2, 0.25) is 0 Å². The highest BCUT2D eigenvalue weighted by molar-refractivity contribution is 8.00. The first-order chi connectivity index (χ1) is 7.06. The Hall–Kier alpha value is -0.220. The smallest absolute Gasteiger partial charge is 0.323 e. The number of carbonyl (C=O) groups excluding carboxylic acids is 1. The second-order valence-corrected chi connectivity index (χ2v) is 5.87. The summed E-state index contributed by atoms with van der Waals surface area (Å²) in [5.41, 5.74) is 0. The first-order valence-electron chi connectivity index (χ1n) is 5.51. The molecule has 0 aromatic rings. The molecule has 0 aromatic heterocycles. The molecule has 1 saturated heterocycles. The number of thioether (sulfide) groups is 1. The van der Waals surface area contributed by atoms with E-state index in [4.69, 9.17) is 4.74 Å². The van der Waals surface area contributed by atoms with Gasteiger partial charge in [0.1, 0.15) is 6.04 Å². The van der Waals surface area contributed by atoms with Gasteiger partial charge < -0.3 is 10.1 Å². The lowest BCUT2D eigenvalue weighted by Gasteiger charge is -2.25. The SMILES string of the molecule is COC(=O)[C@@H](NC1CCSC1C)C(C)C. The van der Waals surface area contributed by atoms with Crippen molar-refractivity contribution in [3.8, 4) is 0 Å². The summed E-state index contributed by atoms with van der Waals surface area (Å²) < 4.78 is 4.81. The van der Waals surface area contributed by atoms with E-state index in [2.05, 4.69) is 12.2 Å². The molecule has 0 amide bonds. The van der Waals surface area contributed by atoms with E-state index in [1.165, 1.54) is 12.9 Å². The van der Waals surface area contributed by atoms with E-state index >= 15 is 0 Å². The van der Waals surface area contributed by atoms with Crippen LogP contribution >= 0.6 is 11.8 Å². The lowest BCUT2D eigenvalue weighted by molar-refractivity contribution is -0.144. The van der Waals surface area contributed by atoms with Crippen LogP contribution in [-0.4, -0.2) is 36.2 Å². The van der Waals surface area contributed by atoms with Gasteiger partial charge in [-0.15, -0.1) is 0 Å². The lowest BCUT2D eigenvalue weighted by atomic mass is 10.0. The van der Waals surface area contributed by atoms with Crippen molar-refractivity contribution in [3.63, 3.8) is 0 Å². The van der Waals surface area contributed by atoms with Crippen LogP contribution in [0.2, 0.25) is 0 Å². The molecule has 1 aliphatic rings. The monoisotopic (exact) mass is 231 g/mol. The molecule has 15 heavy (non-hydrogen) atoms. The van der Waals surface area contributed by atoms with Crippen LogP contribution in [0, 0.1) is 5.92 Å². The van der Waals surface area contributed by atoms with Gasteiger partial charge in [-0.25, -0.2) is 0 Å². The second-order valence-electron chi connectivity index (χ2n) is 4.38. The summed E-state index contributed by atoms with van der Waals surface area (Å²) in [6.45, 7) is 6.30. The molecule has 1 fully saturated rings. The average Bonchev–Trinajstić information content (AvgIpc) is 2.59. The number of hydrogen-bond acceptors (Lipinski definition) is 4. The van der Waals surface area contributed by atoms with E-state index in [0.29, 0.717) is 11.3 Å². The topological polar surface area (TPSA) is 38.3 Å². The summed E-state index contributed by atoms with van der Waals surface area (Å²) in [6.07, 6.45) is 1.14. The minimum absolute atomic E-state index is 0.144. The summed E-state index contributed by atoms with van der Waals surface area (Å²) >= 11 is 1.96. The lowest BCUT2D eigenvalue weighted by Crippen LogP contribution is -2.48. The Bertz CT molecular complexity index is 221. The molecule has 1 rings (SSSR count). The third-order valence-electron chi connectivity index (χ3n) is 2.89. The van der Waals surface area contributed by atoms with Crippen LogP contribution in [0.1, 0.15) is 27.2 Å². The molecule has 1 aliphatic heterocycles. The fourth-order valence-corrected chi connectivity index (χ4v) is 3.05. The van der Waals surface area contributed by atoms with Gasteiger partial charge in [0.25, 0.3) is 0 Å². The summed E-state index contributed by atoms with van der Waals surface area (Å²) in [5.74, 6) is 1.31. The predicted octanol–water partition coefficient (Wildman–Crippen LogP) is 1.67. The van der Waals surface area contributed by atoms with Crippen molar-refractivity contribution in [2.45, 2.75) is 44.5 Å². The zero-order chi connectivity index (χ0) is 11.4. The summed E-state index contributed by atoms with van der Waals surface area (Å²) in [5, 5.41) is 4.01. The number of nitrogens with one attached hydrogen (secondary N) is 1. The van der Waals surface area contributed by atoms with Gasteiger partial charge in [-0.2, -0.15) is 11.8 Å². The highest BCUT2D eigenvalue weighted by atomic mass is 32.2. The van der Waals surface area contributed by atoms with E-state index in [9.17, 15) is 4.79 Å². The normalized spacial score (nSPS) is 28.1. The molecular weight excluding hydrogens is 210 g/mol. The Kier molecular flexibility index (Phi) is 4.93. The second kappa shape index (κ2) is 5.75. The van der Waals surface area contributed by atoms with Gasteiger partial charge in [-0.3, -0.25) is 4.79 Å². The van der Waals surface area contributed by atoms with Gasteiger partial charge in [0, 0.05) is 11.3 Å². The minimum Gasteiger partial charge on any atom is -0.468 e.